The molecule has 0 aromatic heterocycles. The molecule has 15 heavy (non-hydrogen) atoms. The number of imide groups is 1. The minimum absolute atomic E-state index is 0. The predicted octanol–water partition coefficient (Wildman–Crippen LogP) is 1.91. The van der Waals surface area contributed by atoms with E-state index >= 15 is 0 Å². The van der Waals surface area contributed by atoms with Crippen LogP contribution in [0.25, 0.3) is 0 Å². The number of rotatable bonds is 0. The summed E-state index contributed by atoms with van der Waals surface area (Å²) < 4.78 is 0. The third kappa shape index (κ3) is 2.53. The smallest absolute Gasteiger partial charge is 0.231 e. The third-order valence-corrected chi connectivity index (χ3v) is 1.88. The van der Waals surface area contributed by atoms with E-state index in [2.05, 4.69) is 14.0 Å². The molecule has 0 N–H and O–H groups in total. The molecule has 0 atom stereocenters. The first kappa shape index (κ1) is 14.5. The Morgan fingerprint density at radius 1 is 1.00 bits per heavy atom. The molecule has 0 unspecified atom stereocenters. The summed E-state index contributed by atoms with van der Waals surface area (Å²) >= 11 is 0. The summed E-state index contributed by atoms with van der Waals surface area (Å²) in [5.74, 6) is -0.647. The molecule has 2 rings (SSSR count). The van der Waals surface area contributed by atoms with Crippen LogP contribution in [0.3, 0.4) is 0 Å². The van der Waals surface area contributed by atoms with Crippen molar-refractivity contribution in [1.82, 2.24) is 4.90 Å². The Labute approximate surface area is 115 Å². The molecule has 1 aromatic rings. The van der Waals surface area contributed by atoms with Gasteiger partial charge in [0.1, 0.15) is 0 Å². The van der Waals surface area contributed by atoms with Gasteiger partial charge in [-0.05, 0) is 12.1 Å². The summed E-state index contributed by atoms with van der Waals surface area (Å²) in [6.07, 6.45) is 0. The molecule has 77 valence electrons. The number of hydrogen-bond acceptors (Lipinski definition) is 2. The van der Waals surface area contributed by atoms with E-state index in [1.807, 2.05) is 0 Å². The fourth-order valence-corrected chi connectivity index (χ4v) is 1.24. The van der Waals surface area contributed by atoms with Gasteiger partial charge in [0.15, 0.2) is 0 Å². The SMILES string of the molecule is [CH2-]C.[CH2-]N1C(=O)c2ccccc2C1=O.[Y]. The van der Waals surface area contributed by atoms with E-state index in [1.54, 1.807) is 31.2 Å². The predicted molar refractivity (Wildman–Crippen MR) is 53.3 cm³/mol. The molecule has 1 aromatic carbocycles. The molecule has 1 aliphatic heterocycles. The molecular weight excluding hydrogens is 267 g/mol. The average molecular weight is 278 g/mol. The summed E-state index contributed by atoms with van der Waals surface area (Å²) in [5, 5.41) is 0. The van der Waals surface area contributed by atoms with Crippen LogP contribution in [0.2, 0.25) is 0 Å². The Morgan fingerprint density at radius 3 is 1.67 bits per heavy atom. The van der Waals surface area contributed by atoms with Crippen LogP contribution < -0.4 is 0 Å². The molecule has 0 aliphatic carbocycles. The van der Waals surface area contributed by atoms with Crippen molar-refractivity contribution < 1.29 is 42.3 Å². The average Bonchev–Trinajstić information content (AvgIpc) is 2.48. The van der Waals surface area contributed by atoms with Crippen molar-refractivity contribution in [2.75, 3.05) is 0 Å². The minimum Gasteiger partial charge on any atom is -0.430 e. The molecule has 0 saturated heterocycles. The van der Waals surface area contributed by atoms with Gasteiger partial charge in [0, 0.05) is 43.8 Å². The summed E-state index contributed by atoms with van der Waals surface area (Å²) in [6, 6.07) is 6.70. The van der Waals surface area contributed by atoms with Crippen molar-refractivity contribution in [2.24, 2.45) is 0 Å². The molecule has 1 radical (unpaired) electrons. The van der Waals surface area contributed by atoms with E-state index in [-0.39, 0.29) is 44.5 Å². The van der Waals surface area contributed by atoms with Gasteiger partial charge >= 0.3 is 0 Å². The van der Waals surface area contributed by atoms with E-state index in [1.165, 1.54) is 0 Å². The van der Waals surface area contributed by atoms with E-state index < -0.39 is 0 Å². The largest absolute Gasteiger partial charge is 0.430 e. The molecule has 1 aliphatic rings. The maximum atomic E-state index is 11.2. The molecule has 3 nitrogen and oxygen atoms in total. The van der Waals surface area contributed by atoms with Crippen LogP contribution in [0.1, 0.15) is 27.6 Å². The molecular formula is C11H11NO2Y-2. The molecule has 2 amide bonds. The zero-order valence-electron chi connectivity index (χ0n) is 8.56. The van der Waals surface area contributed by atoms with Gasteiger partial charge < -0.3 is 11.8 Å². The number of benzene rings is 1. The Balaban J connectivity index is 0.000000617. The topological polar surface area (TPSA) is 37.4 Å². The van der Waals surface area contributed by atoms with Gasteiger partial charge in [0.05, 0.1) is 0 Å². The van der Waals surface area contributed by atoms with Crippen LogP contribution >= 0.6 is 0 Å². The Hall–Kier alpha value is -0.536. The maximum absolute atomic E-state index is 11.2. The second kappa shape index (κ2) is 6.14. The van der Waals surface area contributed by atoms with Gasteiger partial charge in [0.25, 0.3) is 0 Å². The molecule has 1 heterocycles. The number of fused-ring (bicyclic) bond motifs is 1. The van der Waals surface area contributed by atoms with Crippen LogP contribution in [-0.2, 0) is 32.7 Å². The van der Waals surface area contributed by atoms with Crippen molar-refractivity contribution in [2.45, 2.75) is 6.92 Å². The van der Waals surface area contributed by atoms with Crippen molar-refractivity contribution in [3.8, 4) is 0 Å². The first-order chi connectivity index (χ1) is 6.72. The van der Waals surface area contributed by atoms with Gasteiger partial charge in [-0.2, -0.15) is 6.92 Å². The second-order valence-electron chi connectivity index (χ2n) is 2.58. The molecule has 0 fully saturated rings. The van der Waals surface area contributed by atoms with E-state index in [4.69, 9.17) is 0 Å². The van der Waals surface area contributed by atoms with Crippen LogP contribution in [0.15, 0.2) is 24.3 Å². The molecule has 0 saturated carbocycles. The maximum Gasteiger partial charge on any atom is 0.231 e. The number of carbonyl (C=O) groups excluding carboxylic acids is 2. The molecule has 0 bridgehead atoms. The first-order valence-corrected chi connectivity index (χ1v) is 4.21. The van der Waals surface area contributed by atoms with Crippen molar-refractivity contribution in [1.29, 1.82) is 0 Å². The summed E-state index contributed by atoms with van der Waals surface area (Å²) in [4.78, 5) is 23.4. The van der Waals surface area contributed by atoms with Gasteiger partial charge in [-0.1, -0.05) is 12.1 Å². The van der Waals surface area contributed by atoms with Crippen LogP contribution in [0.4, 0.5) is 0 Å². The number of amides is 2. The normalized spacial score (nSPS) is 12.6. The number of hydrogen-bond donors (Lipinski definition) is 0. The third-order valence-electron chi connectivity index (χ3n) is 1.88. The fourth-order valence-electron chi connectivity index (χ4n) is 1.24. The van der Waals surface area contributed by atoms with Gasteiger partial charge in [-0.3, -0.25) is 9.59 Å². The number of carbonyl (C=O) groups is 2. The van der Waals surface area contributed by atoms with Gasteiger partial charge in [-0.15, -0.1) is 0 Å². The van der Waals surface area contributed by atoms with E-state index in [9.17, 15) is 9.59 Å². The van der Waals surface area contributed by atoms with Gasteiger partial charge in [-0.25, -0.2) is 7.05 Å². The number of nitrogens with zero attached hydrogens (tertiary/aromatic N) is 1. The Bertz CT molecular complexity index is 342. The summed E-state index contributed by atoms with van der Waals surface area (Å²) in [7, 11) is 3.35. The Morgan fingerprint density at radius 2 is 1.33 bits per heavy atom. The van der Waals surface area contributed by atoms with Crippen molar-refractivity contribution >= 4 is 11.8 Å². The molecule has 0 spiro atoms. The van der Waals surface area contributed by atoms with Crippen LogP contribution in [0, 0.1) is 14.0 Å². The Kier molecular flexibility index (Phi) is 5.92. The first-order valence-electron chi connectivity index (χ1n) is 4.21. The monoisotopic (exact) mass is 278 g/mol. The zero-order valence-corrected chi connectivity index (χ0v) is 11.4. The second-order valence-corrected chi connectivity index (χ2v) is 2.58. The van der Waals surface area contributed by atoms with Crippen molar-refractivity contribution in [3.63, 3.8) is 0 Å². The molecule has 4 heteroatoms. The quantitative estimate of drug-likeness (QED) is 0.537. The summed E-state index contributed by atoms with van der Waals surface area (Å²) in [6.45, 7) is 5.00. The fraction of sp³-hybridized carbons (Fsp3) is 0.0909. The zero-order chi connectivity index (χ0) is 10.7. The minimum atomic E-state index is -0.324. The van der Waals surface area contributed by atoms with E-state index in [0.29, 0.717) is 11.1 Å². The standard InChI is InChI=1S/C9H6NO2.C2H5.Y/c1-10-8(11)6-4-2-3-5-7(6)9(10)12;1-2;/h2-5H,1H2;1H2,2H3;/q2*-1;. The van der Waals surface area contributed by atoms with E-state index in [0.717, 1.165) is 4.90 Å². The summed E-state index contributed by atoms with van der Waals surface area (Å²) in [5.41, 5.74) is 0.884. The van der Waals surface area contributed by atoms with Gasteiger partial charge in [0.2, 0.25) is 11.8 Å². The van der Waals surface area contributed by atoms with Crippen LogP contribution in [0.5, 0.6) is 0 Å². The van der Waals surface area contributed by atoms with Crippen molar-refractivity contribution in [3.05, 3.63) is 49.4 Å². The van der Waals surface area contributed by atoms with Crippen LogP contribution in [-0.4, -0.2) is 16.7 Å².